The molecule has 0 saturated carbocycles. The Balaban J connectivity index is 1.59. The summed E-state index contributed by atoms with van der Waals surface area (Å²) in [5, 5.41) is 0. The molecule has 3 aromatic rings. The van der Waals surface area contributed by atoms with Crippen molar-refractivity contribution in [3.8, 4) is 5.75 Å². The van der Waals surface area contributed by atoms with E-state index in [0.29, 0.717) is 6.61 Å². The number of aromatic nitrogens is 3. The van der Waals surface area contributed by atoms with Crippen molar-refractivity contribution in [3.05, 3.63) is 71.9 Å². The smallest absolute Gasteiger partial charge is 0.141 e. The summed E-state index contributed by atoms with van der Waals surface area (Å²) in [6.45, 7) is 3.35. The van der Waals surface area contributed by atoms with Crippen LogP contribution in [0.25, 0.3) is 0 Å². The fourth-order valence-corrected chi connectivity index (χ4v) is 3.24. The van der Waals surface area contributed by atoms with Gasteiger partial charge in [-0.2, -0.15) is 0 Å². The van der Waals surface area contributed by atoms with Gasteiger partial charge >= 0.3 is 0 Å². The van der Waals surface area contributed by atoms with Crippen LogP contribution in [0.3, 0.4) is 0 Å². The predicted molar refractivity (Wildman–Crippen MR) is 110 cm³/mol. The molecule has 0 N–H and O–H groups in total. The topological polar surface area (TPSA) is 63.5 Å². The molecule has 0 radical (unpaired) electrons. The summed E-state index contributed by atoms with van der Waals surface area (Å²) in [6, 6.07) is 11.8. The van der Waals surface area contributed by atoms with Crippen LogP contribution in [0, 0.1) is 6.92 Å². The van der Waals surface area contributed by atoms with Crippen LogP contribution >= 0.6 is 0 Å². The quantitative estimate of drug-likeness (QED) is 0.689. The largest absolute Gasteiger partial charge is 0.489 e. The van der Waals surface area contributed by atoms with Gasteiger partial charge < -0.3 is 9.64 Å². The zero-order valence-electron chi connectivity index (χ0n) is 16.2. The number of aliphatic imine (C=N–C) groups is 1. The Kier molecular flexibility index (Phi) is 5.28. The number of fused-ring (bicyclic) bond motifs is 1. The third kappa shape index (κ3) is 4.17. The Morgan fingerprint density at radius 2 is 2.11 bits per heavy atom. The van der Waals surface area contributed by atoms with E-state index in [1.54, 1.807) is 6.20 Å². The highest BCUT2D eigenvalue weighted by atomic mass is 16.5. The van der Waals surface area contributed by atoms with E-state index in [1.165, 1.54) is 0 Å². The van der Waals surface area contributed by atoms with E-state index in [4.69, 9.17) is 9.73 Å². The summed E-state index contributed by atoms with van der Waals surface area (Å²) in [5.74, 6) is 2.52. The zero-order chi connectivity index (χ0) is 19.3. The molecule has 2 aromatic heterocycles. The minimum atomic E-state index is 0.481. The van der Waals surface area contributed by atoms with Gasteiger partial charge in [0, 0.05) is 43.8 Å². The molecule has 1 aliphatic rings. The number of pyridine rings is 1. The van der Waals surface area contributed by atoms with Crippen LogP contribution in [0.15, 0.2) is 60.0 Å². The minimum absolute atomic E-state index is 0.481. The molecule has 3 heterocycles. The number of hydrogen-bond donors (Lipinski definition) is 0. The lowest BCUT2D eigenvalue weighted by atomic mass is 10.1. The molecule has 6 heteroatoms. The molecule has 0 spiro atoms. The molecule has 6 nitrogen and oxygen atoms in total. The molecule has 0 saturated heterocycles. The second-order valence-corrected chi connectivity index (χ2v) is 6.89. The minimum Gasteiger partial charge on any atom is -0.489 e. The second-order valence-electron chi connectivity index (χ2n) is 6.89. The van der Waals surface area contributed by atoms with Gasteiger partial charge in [0.15, 0.2) is 0 Å². The van der Waals surface area contributed by atoms with Crippen molar-refractivity contribution >= 4 is 17.2 Å². The third-order valence-corrected chi connectivity index (χ3v) is 4.68. The molecule has 0 atom stereocenters. The van der Waals surface area contributed by atoms with Gasteiger partial charge in [0.25, 0.3) is 0 Å². The van der Waals surface area contributed by atoms with Crippen LogP contribution in [0.2, 0.25) is 0 Å². The van der Waals surface area contributed by atoms with Gasteiger partial charge in [-0.25, -0.2) is 9.97 Å². The maximum absolute atomic E-state index is 5.91. The molecule has 4 rings (SSSR count). The lowest BCUT2D eigenvalue weighted by Gasteiger charge is -2.17. The Morgan fingerprint density at radius 3 is 2.96 bits per heavy atom. The van der Waals surface area contributed by atoms with Crippen LogP contribution < -0.4 is 9.64 Å². The van der Waals surface area contributed by atoms with Crippen molar-refractivity contribution in [2.75, 3.05) is 18.5 Å². The van der Waals surface area contributed by atoms with Crippen LogP contribution in [-0.2, 0) is 6.61 Å². The summed E-state index contributed by atoms with van der Waals surface area (Å²) < 4.78 is 5.91. The number of ether oxygens (including phenoxy) is 1. The lowest BCUT2D eigenvalue weighted by Crippen LogP contribution is -2.19. The standard InChI is InChI=1S/C22H23N5O/c1-16-24-14-20-21(9-5-11-27(2)22(20)25-16)26-18-7-3-8-19(12-18)28-15-17-6-4-10-23-13-17/h3-4,6-8,10,12-14H,5,9,11,15H2,1-2H3. The van der Waals surface area contributed by atoms with Gasteiger partial charge in [-0.15, -0.1) is 0 Å². The number of hydrogen-bond acceptors (Lipinski definition) is 6. The molecular formula is C22H23N5O. The first-order valence-electron chi connectivity index (χ1n) is 9.43. The van der Waals surface area contributed by atoms with Crippen molar-refractivity contribution in [2.24, 2.45) is 4.99 Å². The highest BCUT2D eigenvalue weighted by Gasteiger charge is 2.19. The second kappa shape index (κ2) is 8.17. The van der Waals surface area contributed by atoms with Gasteiger partial charge in [0.1, 0.15) is 24.0 Å². The predicted octanol–water partition coefficient (Wildman–Crippen LogP) is 4.11. The monoisotopic (exact) mass is 373 g/mol. The van der Waals surface area contributed by atoms with Crippen molar-refractivity contribution in [1.29, 1.82) is 0 Å². The van der Waals surface area contributed by atoms with E-state index in [9.17, 15) is 0 Å². The number of aryl methyl sites for hydroxylation is 1. The van der Waals surface area contributed by atoms with Gasteiger partial charge in [-0.3, -0.25) is 9.98 Å². The van der Waals surface area contributed by atoms with E-state index in [2.05, 4.69) is 26.9 Å². The van der Waals surface area contributed by atoms with Gasteiger partial charge in [0.05, 0.1) is 17.0 Å². The van der Waals surface area contributed by atoms with E-state index in [0.717, 1.165) is 59.3 Å². The highest BCUT2D eigenvalue weighted by molar-refractivity contribution is 6.06. The number of nitrogens with zero attached hydrogens (tertiary/aromatic N) is 5. The summed E-state index contributed by atoms with van der Waals surface area (Å²) in [5.41, 5.74) is 3.93. The highest BCUT2D eigenvalue weighted by Crippen LogP contribution is 2.27. The molecule has 1 aliphatic heterocycles. The molecule has 0 aliphatic carbocycles. The van der Waals surface area contributed by atoms with Crippen LogP contribution in [-0.4, -0.2) is 34.3 Å². The van der Waals surface area contributed by atoms with Crippen molar-refractivity contribution < 1.29 is 4.74 Å². The molecule has 142 valence electrons. The van der Waals surface area contributed by atoms with Crippen LogP contribution in [0.1, 0.15) is 29.8 Å². The van der Waals surface area contributed by atoms with Crippen molar-refractivity contribution in [2.45, 2.75) is 26.4 Å². The fourth-order valence-electron chi connectivity index (χ4n) is 3.24. The average molecular weight is 373 g/mol. The number of rotatable bonds is 4. The van der Waals surface area contributed by atoms with E-state index in [1.807, 2.05) is 55.7 Å². The molecule has 0 bridgehead atoms. The summed E-state index contributed by atoms with van der Waals surface area (Å²) in [6.07, 6.45) is 7.38. The summed E-state index contributed by atoms with van der Waals surface area (Å²) >= 11 is 0. The zero-order valence-corrected chi connectivity index (χ0v) is 16.2. The average Bonchev–Trinajstić information content (AvgIpc) is 2.86. The Morgan fingerprint density at radius 1 is 1.18 bits per heavy atom. The Labute approximate surface area is 165 Å². The fraction of sp³-hybridized carbons (Fsp3) is 0.273. The SMILES string of the molecule is Cc1ncc2c(n1)N(C)CCCC2=Nc1cccc(OCc2cccnc2)c1. The lowest BCUT2D eigenvalue weighted by molar-refractivity contribution is 0.306. The first-order chi connectivity index (χ1) is 13.7. The molecule has 0 fully saturated rings. The molecule has 28 heavy (non-hydrogen) atoms. The first kappa shape index (κ1) is 18.1. The molecule has 1 aromatic carbocycles. The molecular weight excluding hydrogens is 350 g/mol. The van der Waals surface area contributed by atoms with Crippen molar-refractivity contribution in [1.82, 2.24) is 15.0 Å². The number of benzene rings is 1. The van der Waals surface area contributed by atoms with Crippen molar-refractivity contribution in [3.63, 3.8) is 0 Å². The summed E-state index contributed by atoms with van der Waals surface area (Å²) in [4.78, 5) is 20.2. The van der Waals surface area contributed by atoms with Gasteiger partial charge in [-0.05, 0) is 38.0 Å². The van der Waals surface area contributed by atoms with E-state index < -0.39 is 0 Å². The maximum Gasteiger partial charge on any atom is 0.141 e. The Bertz CT molecular complexity index is 987. The first-order valence-corrected chi connectivity index (χ1v) is 9.43. The van der Waals surface area contributed by atoms with Crippen LogP contribution in [0.4, 0.5) is 11.5 Å². The maximum atomic E-state index is 5.91. The number of anilines is 1. The third-order valence-electron chi connectivity index (χ3n) is 4.68. The van der Waals surface area contributed by atoms with E-state index in [-0.39, 0.29) is 0 Å². The normalized spacial score (nSPS) is 15.2. The Hall–Kier alpha value is -3.28. The molecule has 0 amide bonds. The van der Waals surface area contributed by atoms with Gasteiger partial charge in [0.2, 0.25) is 0 Å². The molecule has 0 unspecified atom stereocenters. The van der Waals surface area contributed by atoms with E-state index >= 15 is 0 Å². The summed E-state index contributed by atoms with van der Waals surface area (Å²) in [7, 11) is 2.07. The van der Waals surface area contributed by atoms with Gasteiger partial charge in [-0.1, -0.05) is 12.1 Å². The van der Waals surface area contributed by atoms with Crippen LogP contribution in [0.5, 0.6) is 5.75 Å².